The van der Waals surface area contributed by atoms with Gasteiger partial charge >= 0.3 is 0 Å². The van der Waals surface area contributed by atoms with Crippen molar-refractivity contribution in [3.05, 3.63) is 29.3 Å². The molecule has 1 saturated heterocycles. The molecule has 0 aromatic heterocycles. The lowest BCUT2D eigenvalue weighted by Crippen LogP contribution is -2.22. The monoisotopic (exact) mass is 252 g/mol. The predicted molar refractivity (Wildman–Crippen MR) is 76.4 cm³/mol. The Morgan fingerprint density at radius 2 is 2.38 bits per heavy atom. The van der Waals surface area contributed by atoms with Crippen molar-refractivity contribution in [2.45, 2.75) is 19.4 Å². The molecule has 1 unspecified atom stereocenters. The van der Waals surface area contributed by atoms with Crippen LogP contribution in [0, 0.1) is 6.92 Å². The van der Waals surface area contributed by atoms with Crippen LogP contribution in [0.5, 0.6) is 0 Å². The zero-order valence-corrected chi connectivity index (χ0v) is 11.0. The zero-order valence-electron chi connectivity index (χ0n) is 9.32. The highest BCUT2D eigenvalue weighted by molar-refractivity contribution is 7.99. The number of nitrogens with two attached hydrogens (primary N) is 1. The average Bonchev–Trinajstić information content (AvgIpc) is 2.73. The lowest BCUT2D eigenvalue weighted by molar-refractivity contribution is 0.811. The highest BCUT2D eigenvalue weighted by Gasteiger charge is 2.17. The van der Waals surface area contributed by atoms with Gasteiger partial charge in [0, 0.05) is 23.0 Å². The fourth-order valence-corrected chi connectivity index (χ4v) is 3.24. The van der Waals surface area contributed by atoms with Crippen LogP contribution in [-0.4, -0.2) is 22.5 Å². The summed E-state index contributed by atoms with van der Waals surface area (Å²) in [5.41, 5.74) is 9.03. The minimum absolute atomic E-state index is 0.469. The number of nitrogens with one attached hydrogen (secondary N) is 1. The Bertz CT molecular complexity index is 398. The van der Waals surface area contributed by atoms with Gasteiger partial charge in [0.05, 0.1) is 0 Å². The van der Waals surface area contributed by atoms with Gasteiger partial charge in [-0.2, -0.15) is 11.8 Å². The van der Waals surface area contributed by atoms with Gasteiger partial charge in [-0.1, -0.05) is 24.4 Å². The first-order valence-corrected chi connectivity index (χ1v) is 6.98. The number of anilines is 1. The zero-order chi connectivity index (χ0) is 11.5. The first kappa shape index (κ1) is 11.7. The molecule has 1 atom stereocenters. The molecule has 16 heavy (non-hydrogen) atoms. The standard InChI is InChI=1S/C12H16N2S2/c1-8-3-2-4-10(12(13)15)11(8)14-9-5-6-16-7-9/h2-4,9,14H,5-7H2,1H3,(H2,13,15). The molecule has 1 aliphatic heterocycles. The van der Waals surface area contributed by atoms with Crippen molar-refractivity contribution in [3.8, 4) is 0 Å². The van der Waals surface area contributed by atoms with Crippen molar-refractivity contribution in [2.24, 2.45) is 5.73 Å². The Labute approximate surface area is 106 Å². The van der Waals surface area contributed by atoms with E-state index in [4.69, 9.17) is 18.0 Å². The molecule has 1 aliphatic rings. The second-order valence-electron chi connectivity index (χ2n) is 4.07. The normalized spacial score (nSPS) is 19.7. The highest BCUT2D eigenvalue weighted by atomic mass is 32.2. The van der Waals surface area contributed by atoms with Gasteiger partial charge in [0.25, 0.3) is 0 Å². The maximum absolute atomic E-state index is 5.74. The second-order valence-corrected chi connectivity index (χ2v) is 5.66. The van der Waals surface area contributed by atoms with E-state index in [1.165, 1.54) is 23.5 Å². The topological polar surface area (TPSA) is 38.0 Å². The summed E-state index contributed by atoms with van der Waals surface area (Å²) in [4.78, 5) is 0.469. The number of benzene rings is 1. The van der Waals surface area contributed by atoms with E-state index < -0.39 is 0 Å². The minimum atomic E-state index is 0.469. The quantitative estimate of drug-likeness (QED) is 0.811. The van der Waals surface area contributed by atoms with Gasteiger partial charge in [-0.15, -0.1) is 0 Å². The van der Waals surface area contributed by atoms with Crippen LogP contribution in [0.25, 0.3) is 0 Å². The summed E-state index contributed by atoms with van der Waals surface area (Å²) in [5.74, 6) is 2.41. The number of thioether (sulfide) groups is 1. The van der Waals surface area contributed by atoms with Crippen LogP contribution in [0.1, 0.15) is 17.5 Å². The number of hydrogen-bond acceptors (Lipinski definition) is 3. The summed E-state index contributed by atoms with van der Waals surface area (Å²) in [6.45, 7) is 2.09. The van der Waals surface area contributed by atoms with Crippen LogP contribution in [-0.2, 0) is 0 Å². The minimum Gasteiger partial charge on any atom is -0.389 e. The summed E-state index contributed by atoms with van der Waals surface area (Å²) in [7, 11) is 0. The van der Waals surface area contributed by atoms with Crippen molar-refractivity contribution >= 4 is 34.7 Å². The highest BCUT2D eigenvalue weighted by Crippen LogP contribution is 2.26. The Hall–Kier alpha value is -0.740. The smallest absolute Gasteiger partial charge is 0.106 e. The Morgan fingerprint density at radius 1 is 1.56 bits per heavy atom. The molecule has 0 bridgehead atoms. The molecule has 0 spiro atoms. The maximum Gasteiger partial charge on any atom is 0.106 e. The molecule has 3 N–H and O–H groups in total. The maximum atomic E-state index is 5.74. The van der Waals surface area contributed by atoms with Gasteiger partial charge in [-0.25, -0.2) is 0 Å². The molecule has 4 heteroatoms. The fraction of sp³-hybridized carbons (Fsp3) is 0.417. The van der Waals surface area contributed by atoms with Crippen LogP contribution in [0.15, 0.2) is 18.2 Å². The number of hydrogen-bond donors (Lipinski definition) is 2. The van der Waals surface area contributed by atoms with E-state index in [9.17, 15) is 0 Å². The summed E-state index contributed by atoms with van der Waals surface area (Å²) in [6, 6.07) is 6.63. The van der Waals surface area contributed by atoms with Crippen LogP contribution < -0.4 is 11.1 Å². The summed E-state index contributed by atoms with van der Waals surface area (Å²) in [5, 5.41) is 3.57. The first-order chi connectivity index (χ1) is 7.68. The van der Waals surface area contributed by atoms with Crippen molar-refractivity contribution in [3.63, 3.8) is 0 Å². The molecule has 1 aromatic carbocycles. The lowest BCUT2D eigenvalue weighted by Gasteiger charge is -2.18. The van der Waals surface area contributed by atoms with Crippen molar-refractivity contribution in [2.75, 3.05) is 16.8 Å². The molecule has 0 amide bonds. The van der Waals surface area contributed by atoms with Crippen LogP contribution in [0.3, 0.4) is 0 Å². The molecular weight excluding hydrogens is 236 g/mol. The van der Waals surface area contributed by atoms with E-state index in [0.29, 0.717) is 11.0 Å². The third-order valence-electron chi connectivity index (χ3n) is 2.82. The van der Waals surface area contributed by atoms with Crippen LogP contribution >= 0.6 is 24.0 Å². The first-order valence-electron chi connectivity index (χ1n) is 5.42. The van der Waals surface area contributed by atoms with Crippen molar-refractivity contribution in [1.29, 1.82) is 0 Å². The summed E-state index contributed by atoms with van der Waals surface area (Å²) >= 11 is 7.08. The third kappa shape index (κ3) is 2.50. The van der Waals surface area contributed by atoms with Gasteiger partial charge < -0.3 is 11.1 Å². The molecule has 0 radical (unpaired) electrons. The average molecular weight is 252 g/mol. The molecule has 1 fully saturated rings. The number of para-hydroxylation sites is 1. The van der Waals surface area contributed by atoms with Gasteiger partial charge in [-0.3, -0.25) is 0 Å². The predicted octanol–water partition coefficient (Wildman–Crippen LogP) is 2.55. The molecule has 2 nitrogen and oxygen atoms in total. The molecule has 1 aromatic rings. The fourth-order valence-electron chi connectivity index (χ4n) is 1.92. The number of thiocarbonyl (C=S) groups is 1. The SMILES string of the molecule is Cc1cccc(C(N)=S)c1NC1CCSC1. The Morgan fingerprint density at radius 3 is 3.00 bits per heavy atom. The van der Waals surface area contributed by atoms with E-state index in [0.717, 1.165) is 11.3 Å². The lowest BCUT2D eigenvalue weighted by atomic mass is 10.1. The van der Waals surface area contributed by atoms with Gasteiger partial charge in [-0.05, 0) is 30.7 Å². The van der Waals surface area contributed by atoms with E-state index in [1.807, 2.05) is 23.9 Å². The molecule has 2 rings (SSSR count). The van der Waals surface area contributed by atoms with Crippen molar-refractivity contribution < 1.29 is 0 Å². The van der Waals surface area contributed by atoms with Gasteiger partial charge in [0.15, 0.2) is 0 Å². The molecule has 0 saturated carbocycles. The largest absolute Gasteiger partial charge is 0.389 e. The third-order valence-corrected chi connectivity index (χ3v) is 4.20. The van der Waals surface area contributed by atoms with E-state index in [-0.39, 0.29) is 0 Å². The molecule has 1 heterocycles. The Balaban J connectivity index is 2.26. The van der Waals surface area contributed by atoms with E-state index in [2.05, 4.69) is 18.3 Å². The summed E-state index contributed by atoms with van der Waals surface area (Å²) < 4.78 is 0. The number of aryl methyl sites for hydroxylation is 1. The van der Waals surface area contributed by atoms with Gasteiger partial charge in [0.2, 0.25) is 0 Å². The molecular formula is C12H16N2S2. The van der Waals surface area contributed by atoms with Crippen LogP contribution in [0.2, 0.25) is 0 Å². The number of rotatable bonds is 3. The van der Waals surface area contributed by atoms with E-state index in [1.54, 1.807) is 0 Å². The second kappa shape index (κ2) is 5.06. The Kier molecular flexibility index (Phi) is 3.71. The van der Waals surface area contributed by atoms with Crippen LogP contribution in [0.4, 0.5) is 5.69 Å². The molecule has 0 aliphatic carbocycles. The summed E-state index contributed by atoms with van der Waals surface area (Å²) in [6.07, 6.45) is 1.22. The van der Waals surface area contributed by atoms with Gasteiger partial charge in [0.1, 0.15) is 4.99 Å². The van der Waals surface area contributed by atoms with E-state index >= 15 is 0 Å². The van der Waals surface area contributed by atoms with Crippen molar-refractivity contribution in [1.82, 2.24) is 0 Å². The molecule has 86 valence electrons.